The van der Waals surface area contributed by atoms with Crippen molar-refractivity contribution in [1.29, 1.82) is 0 Å². The summed E-state index contributed by atoms with van der Waals surface area (Å²) in [5, 5.41) is 2.92. The number of carbonyl (C=O) groups is 1. The average molecular weight is 388 g/mol. The molecule has 0 aromatic heterocycles. The van der Waals surface area contributed by atoms with Gasteiger partial charge < -0.3 is 9.64 Å². The van der Waals surface area contributed by atoms with Crippen molar-refractivity contribution in [3.05, 3.63) is 83.6 Å². The molecule has 0 aliphatic carbocycles. The lowest BCUT2D eigenvalue weighted by molar-refractivity contribution is -0.121. The quantitative estimate of drug-likeness (QED) is 0.488. The number of amides is 1. The van der Waals surface area contributed by atoms with Crippen LogP contribution in [-0.2, 0) is 11.4 Å². The van der Waals surface area contributed by atoms with E-state index in [1.807, 2.05) is 48.5 Å². The van der Waals surface area contributed by atoms with Crippen molar-refractivity contribution in [2.45, 2.75) is 6.61 Å². The first-order valence-electron chi connectivity index (χ1n) is 9.01. The number of hydrogen-bond donors (Lipinski definition) is 0. The van der Waals surface area contributed by atoms with Crippen LogP contribution >= 0.6 is 12.2 Å². The third-order valence-corrected chi connectivity index (χ3v) is 5.46. The molecule has 0 N–H and O–H groups in total. The lowest BCUT2D eigenvalue weighted by atomic mass is 10.1. The van der Waals surface area contributed by atoms with Gasteiger partial charge in [0.25, 0.3) is 5.91 Å². The molecule has 4 nitrogen and oxygen atoms in total. The summed E-state index contributed by atoms with van der Waals surface area (Å²) in [5.74, 6) is 0.692. The van der Waals surface area contributed by atoms with Crippen molar-refractivity contribution < 1.29 is 9.53 Å². The average Bonchev–Trinajstić information content (AvgIpc) is 2.91. The summed E-state index contributed by atoms with van der Waals surface area (Å²) in [4.78, 5) is 15.5. The van der Waals surface area contributed by atoms with Crippen molar-refractivity contribution in [2.24, 2.45) is 0 Å². The van der Waals surface area contributed by atoms with Gasteiger partial charge in [0.05, 0.1) is 0 Å². The van der Waals surface area contributed by atoms with Crippen LogP contribution in [0.3, 0.4) is 0 Å². The zero-order valence-electron chi connectivity index (χ0n) is 15.8. The largest absolute Gasteiger partial charge is 0.489 e. The van der Waals surface area contributed by atoms with Crippen molar-refractivity contribution in [3.63, 3.8) is 0 Å². The minimum atomic E-state index is -0.0937. The second kappa shape index (κ2) is 7.44. The monoisotopic (exact) mass is 388 g/mol. The summed E-state index contributed by atoms with van der Waals surface area (Å²) in [5.41, 5.74) is 2.64. The Kier molecular flexibility index (Phi) is 4.84. The van der Waals surface area contributed by atoms with Crippen LogP contribution in [0.4, 0.5) is 0 Å². The lowest BCUT2D eigenvalue weighted by Gasteiger charge is -2.11. The maximum absolute atomic E-state index is 12.3. The molecule has 1 aliphatic heterocycles. The van der Waals surface area contributed by atoms with Crippen molar-refractivity contribution in [2.75, 3.05) is 14.1 Å². The van der Waals surface area contributed by atoms with Crippen molar-refractivity contribution in [3.8, 4) is 5.75 Å². The highest BCUT2D eigenvalue weighted by Gasteiger charge is 2.32. The van der Waals surface area contributed by atoms with Crippen LogP contribution in [-0.4, -0.2) is 34.9 Å². The van der Waals surface area contributed by atoms with E-state index < -0.39 is 0 Å². The molecule has 1 heterocycles. The van der Waals surface area contributed by atoms with E-state index in [4.69, 9.17) is 17.0 Å². The highest BCUT2D eigenvalue weighted by molar-refractivity contribution is 7.80. The normalized spacial score (nSPS) is 15.7. The number of carbonyl (C=O) groups excluding carboxylic acids is 1. The van der Waals surface area contributed by atoms with Crippen LogP contribution in [0.15, 0.2) is 72.4 Å². The Hall–Kier alpha value is -3.18. The van der Waals surface area contributed by atoms with Gasteiger partial charge >= 0.3 is 0 Å². The second-order valence-electron chi connectivity index (χ2n) is 6.73. The molecule has 0 unspecified atom stereocenters. The zero-order valence-corrected chi connectivity index (χ0v) is 16.6. The molecular formula is C23H20N2O2S. The molecule has 28 heavy (non-hydrogen) atoms. The van der Waals surface area contributed by atoms with Gasteiger partial charge in [0.1, 0.15) is 18.1 Å². The molecule has 140 valence electrons. The van der Waals surface area contributed by atoms with Crippen LogP contribution in [0.1, 0.15) is 11.1 Å². The molecule has 1 aliphatic rings. The third-order valence-electron chi connectivity index (χ3n) is 4.92. The topological polar surface area (TPSA) is 32.8 Å². The maximum atomic E-state index is 12.3. The summed E-state index contributed by atoms with van der Waals surface area (Å²) in [6.45, 7) is 0.502. The first-order chi connectivity index (χ1) is 13.5. The molecule has 0 saturated carbocycles. The minimum absolute atomic E-state index is 0.0937. The van der Waals surface area contributed by atoms with Crippen molar-refractivity contribution in [1.82, 2.24) is 9.80 Å². The molecule has 0 atom stereocenters. The maximum Gasteiger partial charge on any atom is 0.276 e. The molecule has 3 aromatic carbocycles. The number of hydrogen-bond acceptors (Lipinski definition) is 3. The highest BCUT2D eigenvalue weighted by atomic mass is 32.1. The van der Waals surface area contributed by atoms with Gasteiger partial charge in [0.2, 0.25) is 0 Å². The molecule has 0 spiro atoms. The standard InChI is InChI=1S/C23H20N2O2S/c1-24-21(22(26)25(2)23(24)28)14-16-10-12-19(13-11-16)27-15-18-8-5-7-17-6-3-4-9-20(17)18/h3-14H,15H2,1-2H3/b21-14-. The predicted molar refractivity (Wildman–Crippen MR) is 116 cm³/mol. The minimum Gasteiger partial charge on any atom is -0.489 e. The molecule has 4 rings (SSSR count). The van der Waals surface area contributed by atoms with Crippen LogP contribution in [0.5, 0.6) is 5.75 Å². The van der Waals surface area contributed by atoms with E-state index in [0.29, 0.717) is 17.4 Å². The first kappa shape index (κ1) is 18.2. The molecule has 5 heteroatoms. The summed E-state index contributed by atoms with van der Waals surface area (Å²) >= 11 is 5.24. The Morgan fingerprint density at radius 3 is 2.36 bits per heavy atom. The van der Waals surface area contributed by atoms with Gasteiger partial charge in [-0.1, -0.05) is 54.6 Å². The van der Waals surface area contributed by atoms with Gasteiger partial charge in [-0.05, 0) is 52.3 Å². The molecule has 0 radical (unpaired) electrons. The lowest BCUT2D eigenvalue weighted by Crippen LogP contribution is -2.26. The number of benzene rings is 3. The summed E-state index contributed by atoms with van der Waals surface area (Å²) in [6, 6.07) is 22.2. The van der Waals surface area contributed by atoms with E-state index in [2.05, 4.69) is 24.3 Å². The summed E-state index contributed by atoms with van der Waals surface area (Å²) in [6.07, 6.45) is 1.84. The number of nitrogens with zero attached hydrogens (tertiary/aromatic N) is 2. The molecular weight excluding hydrogens is 368 g/mol. The molecule has 0 bridgehead atoms. The predicted octanol–water partition coefficient (Wildman–Crippen LogP) is 4.45. The van der Waals surface area contributed by atoms with E-state index in [9.17, 15) is 4.79 Å². The number of fused-ring (bicyclic) bond motifs is 1. The summed E-state index contributed by atoms with van der Waals surface area (Å²) in [7, 11) is 3.49. The van der Waals surface area contributed by atoms with Crippen LogP contribution in [0.2, 0.25) is 0 Å². The Labute approximate surface area is 169 Å². The number of rotatable bonds is 4. The second-order valence-corrected chi connectivity index (χ2v) is 7.10. The van der Waals surface area contributed by atoms with Crippen molar-refractivity contribution >= 4 is 40.1 Å². The van der Waals surface area contributed by atoms with E-state index in [0.717, 1.165) is 16.9 Å². The van der Waals surface area contributed by atoms with Gasteiger partial charge in [0, 0.05) is 14.1 Å². The van der Waals surface area contributed by atoms with Gasteiger partial charge in [-0.2, -0.15) is 0 Å². The van der Waals surface area contributed by atoms with Gasteiger partial charge in [-0.3, -0.25) is 9.69 Å². The molecule has 1 saturated heterocycles. The fraction of sp³-hybridized carbons (Fsp3) is 0.130. The summed E-state index contributed by atoms with van der Waals surface area (Å²) < 4.78 is 5.97. The Balaban J connectivity index is 1.49. The van der Waals surface area contributed by atoms with Crippen LogP contribution in [0, 0.1) is 0 Å². The van der Waals surface area contributed by atoms with Gasteiger partial charge in [-0.25, -0.2) is 0 Å². The van der Waals surface area contributed by atoms with Crippen LogP contribution in [0.25, 0.3) is 16.8 Å². The first-order valence-corrected chi connectivity index (χ1v) is 9.42. The number of ether oxygens (including phenoxy) is 1. The fourth-order valence-corrected chi connectivity index (χ4v) is 3.47. The third kappa shape index (κ3) is 3.37. The number of likely N-dealkylation sites (N-methyl/N-ethyl adjacent to an activating group) is 2. The van der Waals surface area contributed by atoms with E-state index in [1.165, 1.54) is 15.7 Å². The van der Waals surface area contributed by atoms with E-state index in [1.54, 1.807) is 19.0 Å². The van der Waals surface area contributed by atoms with E-state index >= 15 is 0 Å². The molecule has 1 fully saturated rings. The molecule has 1 amide bonds. The van der Waals surface area contributed by atoms with Gasteiger partial charge in [0.15, 0.2) is 5.11 Å². The van der Waals surface area contributed by atoms with Crippen LogP contribution < -0.4 is 4.74 Å². The Morgan fingerprint density at radius 1 is 0.929 bits per heavy atom. The molecule has 3 aromatic rings. The Morgan fingerprint density at radius 2 is 1.64 bits per heavy atom. The van der Waals surface area contributed by atoms with Gasteiger partial charge in [-0.15, -0.1) is 0 Å². The van der Waals surface area contributed by atoms with E-state index in [-0.39, 0.29) is 5.91 Å². The Bertz CT molecular complexity index is 1080. The zero-order chi connectivity index (χ0) is 19.7. The highest BCUT2D eigenvalue weighted by Crippen LogP contribution is 2.23. The number of thiocarbonyl (C=S) groups is 1. The smallest absolute Gasteiger partial charge is 0.276 e. The SMILES string of the molecule is CN1C(=O)/C(=C/c2ccc(OCc3cccc4ccccc34)cc2)N(C)C1=S. The fourth-order valence-electron chi connectivity index (χ4n) is 3.29.